The van der Waals surface area contributed by atoms with Gasteiger partial charge in [-0.3, -0.25) is 13.9 Å². The molecule has 214 valence electrons. The molecule has 0 amide bonds. The average Bonchev–Trinajstić information content (AvgIpc) is 3.34. The van der Waals surface area contributed by atoms with E-state index in [4.69, 9.17) is 68.7 Å². The number of hydrogen-bond acceptors (Lipinski definition) is 6. The van der Waals surface area contributed by atoms with Gasteiger partial charge in [0.1, 0.15) is 17.4 Å². The molecule has 0 saturated carbocycles. The van der Waals surface area contributed by atoms with Crippen molar-refractivity contribution in [2.75, 3.05) is 13.2 Å². The summed E-state index contributed by atoms with van der Waals surface area (Å²) in [5.74, 6) is -0.502. The summed E-state index contributed by atoms with van der Waals surface area (Å²) in [4.78, 5) is 16.3. The van der Waals surface area contributed by atoms with Crippen LogP contribution in [0.4, 0.5) is 4.39 Å². The summed E-state index contributed by atoms with van der Waals surface area (Å²) in [5, 5.41) is 1.65. The van der Waals surface area contributed by atoms with Crippen LogP contribution in [0.15, 0.2) is 79.1 Å². The molecule has 1 heterocycles. The lowest BCUT2D eigenvalue weighted by Gasteiger charge is -2.31. The lowest BCUT2D eigenvalue weighted by atomic mass is 10.1. The van der Waals surface area contributed by atoms with Crippen LogP contribution in [0.1, 0.15) is 27.6 Å². The monoisotopic (exact) mass is 650 g/mol. The van der Waals surface area contributed by atoms with Crippen molar-refractivity contribution in [3.8, 4) is 0 Å². The molecule has 4 rings (SSSR count). The topological polar surface area (TPSA) is 107 Å². The fraction of sp³-hybridized carbons (Fsp3) is 0.192. The van der Waals surface area contributed by atoms with E-state index in [9.17, 15) is 9.18 Å². The van der Waals surface area contributed by atoms with E-state index in [-0.39, 0.29) is 24.8 Å². The molecule has 0 spiro atoms. The number of hydrogen-bond donors (Lipinski definition) is 2. The number of nitrogens with zero attached hydrogens (tertiary/aromatic N) is 2. The largest absolute Gasteiger partial charge is 0.394 e. The Morgan fingerprint density at radius 2 is 1.55 bits per heavy atom. The molecule has 1 aliphatic heterocycles. The van der Waals surface area contributed by atoms with E-state index in [0.717, 1.165) is 11.1 Å². The Morgan fingerprint density at radius 1 is 0.950 bits per heavy atom. The third-order valence-corrected chi connectivity index (χ3v) is 6.84. The van der Waals surface area contributed by atoms with Crippen LogP contribution in [-0.4, -0.2) is 51.8 Å². The van der Waals surface area contributed by atoms with Crippen molar-refractivity contribution in [1.29, 1.82) is 0 Å². The van der Waals surface area contributed by atoms with Gasteiger partial charge >= 0.3 is 10.4 Å². The van der Waals surface area contributed by atoms with Gasteiger partial charge in [-0.15, -0.1) is 0 Å². The van der Waals surface area contributed by atoms with Gasteiger partial charge in [-0.1, -0.05) is 64.6 Å². The minimum absolute atomic E-state index is 0.120. The van der Waals surface area contributed by atoms with Crippen molar-refractivity contribution in [3.05, 3.63) is 117 Å². The second-order valence-corrected chi connectivity index (χ2v) is 11.1. The molecule has 2 atom stereocenters. The summed E-state index contributed by atoms with van der Waals surface area (Å²) in [6.45, 7) is 0.738. The number of carbonyl (C=O) groups excluding carboxylic acids is 1. The van der Waals surface area contributed by atoms with Gasteiger partial charge in [0, 0.05) is 33.0 Å². The molecule has 1 aliphatic rings. The molecule has 3 aromatic carbocycles. The molecule has 14 heteroatoms. The minimum Gasteiger partial charge on any atom is -0.365 e. The van der Waals surface area contributed by atoms with Crippen molar-refractivity contribution >= 4 is 62.6 Å². The maximum atomic E-state index is 13.2. The van der Waals surface area contributed by atoms with Gasteiger partial charge in [0.05, 0.1) is 19.8 Å². The van der Waals surface area contributed by atoms with Crippen LogP contribution in [0.5, 0.6) is 0 Å². The number of carbonyl (C=O) groups is 1. The molecule has 0 bridgehead atoms. The van der Waals surface area contributed by atoms with Gasteiger partial charge in [0.25, 0.3) is 0 Å². The van der Waals surface area contributed by atoms with Crippen molar-refractivity contribution in [2.45, 2.75) is 18.2 Å². The molecule has 8 nitrogen and oxygen atoms in total. The molecule has 3 aromatic rings. The van der Waals surface area contributed by atoms with Crippen LogP contribution in [-0.2, 0) is 21.7 Å². The molecule has 0 fully saturated rings. The highest BCUT2D eigenvalue weighted by atomic mass is 35.5. The summed E-state index contributed by atoms with van der Waals surface area (Å²) in [6.07, 6.45) is 3.08. The lowest BCUT2D eigenvalue weighted by Crippen LogP contribution is -2.37. The maximum absolute atomic E-state index is 13.2. The Morgan fingerprint density at radius 3 is 2.15 bits per heavy atom. The van der Waals surface area contributed by atoms with Gasteiger partial charge < -0.3 is 14.5 Å². The Hall–Kier alpha value is -2.41. The zero-order valence-corrected chi connectivity index (χ0v) is 24.3. The number of alkyl halides is 1. The minimum atomic E-state index is -4.67. The van der Waals surface area contributed by atoms with Gasteiger partial charge in [0.2, 0.25) is 0 Å². The van der Waals surface area contributed by atoms with Gasteiger partial charge in [-0.25, -0.2) is 4.39 Å². The van der Waals surface area contributed by atoms with Crippen molar-refractivity contribution in [3.63, 3.8) is 0 Å². The first-order valence-electron chi connectivity index (χ1n) is 11.4. The normalized spacial score (nSPS) is 14.5. The van der Waals surface area contributed by atoms with E-state index in [2.05, 4.69) is 0 Å². The fourth-order valence-electron chi connectivity index (χ4n) is 3.64. The zero-order valence-electron chi connectivity index (χ0n) is 20.5. The second kappa shape index (κ2) is 14.5. The Kier molecular flexibility index (Phi) is 11.6. The molecule has 0 aromatic heterocycles. The van der Waals surface area contributed by atoms with Crippen LogP contribution in [0.2, 0.25) is 15.1 Å². The average molecular weight is 652 g/mol. The SMILES string of the molecule is O=C(CN1C=CN(C(Cl)C(OCc2ccc(Cl)cc2Cl)c2ccc(Cl)cc2)C1)c1ccc(F)cc1.O=S(=O)(O)O. The summed E-state index contributed by atoms with van der Waals surface area (Å²) in [7, 11) is -4.67. The molecular formula is C26H23Cl4FN2O6S. The predicted molar refractivity (Wildman–Crippen MR) is 153 cm³/mol. The standard InChI is InChI=1S/C26H21Cl4FN2O2.H2O4S/c27-20-6-1-18(2-7-20)25(35-15-19-3-8-21(28)13-23(19)29)26(30)33-12-11-32(16-33)14-24(34)17-4-9-22(31)10-5-17;1-5(2,3)4/h1-13,25-26H,14-16H2;(H2,1,2,3,4). The van der Waals surface area contributed by atoms with Crippen LogP contribution in [0.25, 0.3) is 0 Å². The third-order valence-electron chi connectivity index (χ3n) is 5.53. The van der Waals surface area contributed by atoms with Crippen LogP contribution in [0, 0.1) is 5.82 Å². The summed E-state index contributed by atoms with van der Waals surface area (Å²) < 4.78 is 51.0. The Balaban J connectivity index is 0.000000810. The lowest BCUT2D eigenvalue weighted by molar-refractivity contribution is 0.00699. The van der Waals surface area contributed by atoms with Gasteiger partial charge in [-0.2, -0.15) is 8.42 Å². The molecule has 0 radical (unpaired) electrons. The third kappa shape index (κ3) is 10.2. The number of ether oxygens (including phenoxy) is 1. The summed E-state index contributed by atoms with van der Waals surface area (Å²) >= 11 is 25.3. The first-order chi connectivity index (χ1) is 18.8. The van der Waals surface area contributed by atoms with Crippen molar-refractivity contribution < 1.29 is 31.4 Å². The Bertz CT molecular complexity index is 1430. The van der Waals surface area contributed by atoms with E-state index >= 15 is 0 Å². The summed E-state index contributed by atoms with van der Waals surface area (Å²) in [5.41, 5.74) is 1.48. The highest BCUT2D eigenvalue weighted by Crippen LogP contribution is 2.33. The van der Waals surface area contributed by atoms with Crippen LogP contribution < -0.4 is 0 Å². The number of rotatable bonds is 9. The second-order valence-electron chi connectivity index (χ2n) is 8.47. The molecule has 0 saturated heterocycles. The van der Waals surface area contributed by atoms with Crippen LogP contribution >= 0.6 is 46.4 Å². The molecular weight excluding hydrogens is 629 g/mol. The molecule has 2 N–H and O–H groups in total. The Labute approximate surface area is 251 Å². The highest BCUT2D eigenvalue weighted by Gasteiger charge is 2.30. The van der Waals surface area contributed by atoms with E-state index in [0.29, 0.717) is 27.3 Å². The van der Waals surface area contributed by atoms with E-state index in [1.54, 1.807) is 30.5 Å². The van der Waals surface area contributed by atoms with Crippen molar-refractivity contribution in [1.82, 2.24) is 9.80 Å². The molecule has 2 unspecified atom stereocenters. The van der Waals surface area contributed by atoms with Gasteiger partial charge in [-0.05, 0) is 59.7 Å². The number of Topliss-reactive ketones (excluding diaryl/α,β-unsaturated/α-hetero) is 1. The molecule has 0 aliphatic carbocycles. The fourth-order valence-corrected chi connectivity index (χ4v) is 4.57. The first-order valence-corrected chi connectivity index (χ1v) is 14.4. The van der Waals surface area contributed by atoms with E-state index < -0.39 is 22.0 Å². The van der Waals surface area contributed by atoms with Crippen molar-refractivity contribution in [2.24, 2.45) is 0 Å². The van der Waals surface area contributed by atoms with E-state index in [1.165, 1.54) is 24.3 Å². The zero-order chi connectivity index (χ0) is 29.4. The van der Waals surface area contributed by atoms with Crippen LogP contribution in [0.3, 0.4) is 0 Å². The number of benzene rings is 3. The maximum Gasteiger partial charge on any atom is 0.394 e. The first kappa shape index (κ1) is 32.1. The smallest absolute Gasteiger partial charge is 0.365 e. The molecule has 40 heavy (non-hydrogen) atoms. The number of ketones is 1. The quantitative estimate of drug-likeness (QED) is 0.112. The van der Waals surface area contributed by atoms with Gasteiger partial charge in [0.15, 0.2) is 5.78 Å². The predicted octanol–water partition coefficient (Wildman–Crippen LogP) is 6.89. The highest BCUT2D eigenvalue weighted by molar-refractivity contribution is 7.79. The summed E-state index contributed by atoms with van der Waals surface area (Å²) in [6, 6.07) is 18.0. The number of halogens is 5. The van der Waals surface area contributed by atoms with E-state index in [1.807, 2.05) is 34.2 Å².